The summed E-state index contributed by atoms with van der Waals surface area (Å²) in [6, 6.07) is 6.16. The molecule has 0 aliphatic rings. The predicted octanol–water partition coefficient (Wildman–Crippen LogP) is 7.45. The molecule has 1 aromatic carbocycles. The zero-order valence-electron chi connectivity index (χ0n) is 19.0. The van der Waals surface area contributed by atoms with Gasteiger partial charge in [-0.3, -0.25) is 0 Å². The Kier molecular flexibility index (Phi) is 16.3. The summed E-state index contributed by atoms with van der Waals surface area (Å²) in [5, 5.41) is 18.4. The number of nitriles is 1. The number of unbranched alkanes of at least 4 members (excludes halogenated alkanes) is 13. The first kappa shape index (κ1) is 26.6. The van der Waals surface area contributed by atoms with Gasteiger partial charge in [0.15, 0.2) is 0 Å². The summed E-state index contributed by atoms with van der Waals surface area (Å²) >= 11 is 0. The lowest BCUT2D eigenvalue weighted by Crippen LogP contribution is -2.17. The number of nitrogens with zero attached hydrogens (tertiary/aromatic N) is 1. The van der Waals surface area contributed by atoms with Gasteiger partial charge in [0.25, 0.3) is 0 Å². The van der Waals surface area contributed by atoms with E-state index in [-0.39, 0.29) is 19.3 Å². The normalized spacial score (nSPS) is 12.1. The molecule has 0 aromatic heterocycles. The quantitative estimate of drug-likeness (QED) is 0.237. The van der Waals surface area contributed by atoms with Gasteiger partial charge in [-0.05, 0) is 30.2 Å². The monoisotopic (exact) mass is 419 g/mol. The van der Waals surface area contributed by atoms with Crippen LogP contribution < -0.4 is 0 Å². The van der Waals surface area contributed by atoms with Crippen LogP contribution in [0.3, 0.4) is 0 Å². The molecular weight excluding hydrogens is 377 g/mol. The number of ether oxygens (including phenoxy) is 1. The molecule has 0 spiro atoms. The van der Waals surface area contributed by atoms with Gasteiger partial charge < -0.3 is 9.84 Å². The van der Waals surface area contributed by atoms with Crippen molar-refractivity contribution in [2.75, 3.05) is 6.61 Å². The molecule has 0 aliphatic heterocycles. The second kappa shape index (κ2) is 18.3. The van der Waals surface area contributed by atoms with E-state index in [1.807, 2.05) is 6.07 Å². The highest BCUT2D eigenvalue weighted by molar-refractivity contribution is 5.33. The topological polar surface area (TPSA) is 53.2 Å². The number of hydrogen-bond acceptors (Lipinski definition) is 3. The molecule has 0 bridgehead atoms. The van der Waals surface area contributed by atoms with E-state index in [2.05, 4.69) is 6.92 Å². The van der Waals surface area contributed by atoms with E-state index in [1.165, 1.54) is 89.2 Å². The lowest BCUT2D eigenvalue weighted by atomic mass is 10.0. The summed E-state index contributed by atoms with van der Waals surface area (Å²) in [4.78, 5) is 0. The highest BCUT2D eigenvalue weighted by atomic mass is 19.1. The fraction of sp³-hybridized carbons (Fsp3) is 0.731. The van der Waals surface area contributed by atoms with E-state index >= 15 is 0 Å². The summed E-state index contributed by atoms with van der Waals surface area (Å²) in [5.74, 6) is -0.430. The standard InChI is InChI=1S/C26H42FNO2/c1-2-3-4-5-6-7-8-9-10-11-12-13-14-15-16-26(21-29)30-22-24-17-23(20-28)18-25(27)19-24/h17-19,26,29H,2-16,21-22H2,1H3. The van der Waals surface area contributed by atoms with Gasteiger partial charge in [-0.15, -0.1) is 0 Å². The maximum absolute atomic E-state index is 13.5. The van der Waals surface area contributed by atoms with E-state index in [0.29, 0.717) is 11.1 Å². The molecule has 1 aromatic rings. The minimum Gasteiger partial charge on any atom is -0.394 e. The molecule has 0 aliphatic carbocycles. The number of hydrogen-bond donors (Lipinski definition) is 1. The third-order valence-corrected chi connectivity index (χ3v) is 5.66. The van der Waals surface area contributed by atoms with Gasteiger partial charge >= 0.3 is 0 Å². The van der Waals surface area contributed by atoms with Crippen molar-refractivity contribution in [2.45, 2.75) is 116 Å². The number of benzene rings is 1. The third-order valence-electron chi connectivity index (χ3n) is 5.66. The molecule has 0 saturated carbocycles. The van der Waals surface area contributed by atoms with E-state index in [0.717, 1.165) is 19.3 Å². The summed E-state index contributed by atoms with van der Waals surface area (Å²) in [6.45, 7) is 2.45. The Balaban J connectivity index is 1.98. The Bertz CT molecular complexity index is 585. The number of aliphatic hydroxyl groups excluding tert-OH is 1. The molecule has 0 fully saturated rings. The Labute approximate surface area is 183 Å². The second-order valence-corrected chi connectivity index (χ2v) is 8.46. The van der Waals surface area contributed by atoms with Crippen LogP contribution in [-0.4, -0.2) is 17.8 Å². The van der Waals surface area contributed by atoms with E-state index in [4.69, 9.17) is 10.00 Å². The maximum Gasteiger partial charge on any atom is 0.124 e. The highest BCUT2D eigenvalue weighted by Gasteiger charge is 2.09. The first-order valence-corrected chi connectivity index (χ1v) is 12.1. The summed E-state index contributed by atoms with van der Waals surface area (Å²) in [5.41, 5.74) is 0.923. The van der Waals surface area contributed by atoms with Crippen LogP contribution in [0, 0.1) is 17.1 Å². The number of aliphatic hydroxyl groups is 1. The van der Waals surface area contributed by atoms with Gasteiger partial charge in [0.2, 0.25) is 0 Å². The molecular formula is C26H42FNO2. The van der Waals surface area contributed by atoms with Crippen molar-refractivity contribution in [2.24, 2.45) is 0 Å². The maximum atomic E-state index is 13.5. The molecule has 1 atom stereocenters. The smallest absolute Gasteiger partial charge is 0.124 e. The van der Waals surface area contributed by atoms with E-state index in [1.54, 1.807) is 6.07 Å². The zero-order valence-corrected chi connectivity index (χ0v) is 19.0. The van der Waals surface area contributed by atoms with Gasteiger partial charge in [0, 0.05) is 0 Å². The minimum atomic E-state index is -0.430. The second-order valence-electron chi connectivity index (χ2n) is 8.46. The SMILES string of the molecule is CCCCCCCCCCCCCCCCC(CO)OCc1cc(F)cc(C#N)c1. The van der Waals surface area contributed by atoms with Gasteiger partial charge in [-0.2, -0.15) is 5.26 Å². The van der Waals surface area contributed by atoms with Crippen molar-refractivity contribution in [3.05, 3.63) is 35.1 Å². The third kappa shape index (κ3) is 13.7. The summed E-state index contributed by atoms with van der Waals surface area (Å²) in [7, 11) is 0. The van der Waals surface area contributed by atoms with Crippen LogP contribution in [0.2, 0.25) is 0 Å². The molecule has 3 nitrogen and oxygen atoms in total. The average molecular weight is 420 g/mol. The van der Waals surface area contributed by atoms with Crippen molar-refractivity contribution in [1.29, 1.82) is 5.26 Å². The van der Waals surface area contributed by atoms with Crippen LogP contribution >= 0.6 is 0 Å². The fourth-order valence-electron chi connectivity index (χ4n) is 3.81. The molecule has 170 valence electrons. The minimum absolute atomic E-state index is 0.0289. The Morgan fingerprint density at radius 2 is 1.40 bits per heavy atom. The largest absolute Gasteiger partial charge is 0.394 e. The van der Waals surface area contributed by atoms with Gasteiger partial charge in [-0.1, -0.05) is 96.8 Å². The molecule has 4 heteroatoms. The van der Waals surface area contributed by atoms with Crippen molar-refractivity contribution in [3.63, 3.8) is 0 Å². The van der Waals surface area contributed by atoms with Gasteiger partial charge in [-0.25, -0.2) is 4.39 Å². The van der Waals surface area contributed by atoms with Crippen molar-refractivity contribution < 1.29 is 14.2 Å². The summed E-state index contributed by atoms with van der Waals surface area (Å²) in [6.07, 6.45) is 19.1. The number of halogens is 1. The molecule has 1 N–H and O–H groups in total. The number of rotatable bonds is 19. The van der Waals surface area contributed by atoms with Crippen molar-refractivity contribution in [3.8, 4) is 6.07 Å². The molecule has 0 amide bonds. The van der Waals surface area contributed by atoms with Gasteiger partial charge in [0.05, 0.1) is 31.0 Å². The Morgan fingerprint density at radius 3 is 1.90 bits per heavy atom. The predicted molar refractivity (Wildman–Crippen MR) is 122 cm³/mol. The molecule has 0 radical (unpaired) electrons. The average Bonchev–Trinajstić information content (AvgIpc) is 2.75. The van der Waals surface area contributed by atoms with E-state index in [9.17, 15) is 9.50 Å². The van der Waals surface area contributed by atoms with Crippen molar-refractivity contribution >= 4 is 0 Å². The van der Waals surface area contributed by atoms with E-state index < -0.39 is 5.82 Å². The molecule has 1 rings (SSSR count). The molecule has 0 saturated heterocycles. The fourth-order valence-corrected chi connectivity index (χ4v) is 3.81. The van der Waals surface area contributed by atoms with Crippen molar-refractivity contribution in [1.82, 2.24) is 0 Å². The van der Waals surface area contributed by atoms with Crippen LogP contribution in [0.5, 0.6) is 0 Å². The van der Waals surface area contributed by atoms with Crippen LogP contribution in [0.1, 0.15) is 114 Å². The summed E-state index contributed by atoms with van der Waals surface area (Å²) < 4.78 is 19.2. The van der Waals surface area contributed by atoms with Crippen LogP contribution in [-0.2, 0) is 11.3 Å². The van der Waals surface area contributed by atoms with Crippen LogP contribution in [0.25, 0.3) is 0 Å². The first-order chi connectivity index (χ1) is 14.7. The lowest BCUT2D eigenvalue weighted by molar-refractivity contribution is -0.00357. The van der Waals surface area contributed by atoms with Gasteiger partial charge in [0.1, 0.15) is 5.82 Å². The first-order valence-electron chi connectivity index (χ1n) is 12.1. The molecule has 1 unspecified atom stereocenters. The van der Waals surface area contributed by atoms with Crippen LogP contribution in [0.15, 0.2) is 18.2 Å². The zero-order chi connectivity index (χ0) is 21.9. The Hall–Kier alpha value is -1.44. The lowest BCUT2D eigenvalue weighted by Gasteiger charge is -2.15. The Morgan fingerprint density at radius 1 is 0.867 bits per heavy atom. The van der Waals surface area contributed by atoms with Crippen LogP contribution in [0.4, 0.5) is 4.39 Å². The molecule has 30 heavy (non-hydrogen) atoms. The highest BCUT2D eigenvalue weighted by Crippen LogP contribution is 2.16. The molecule has 0 heterocycles.